The Kier molecular flexibility index (Phi) is 4.76. The van der Waals surface area contributed by atoms with Crippen LogP contribution in [0.3, 0.4) is 0 Å². The molecule has 0 saturated heterocycles. The number of carbonyl (C=O) groups is 1. The summed E-state index contributed by atoms with van der Waals surface area (Å²) in [6, 6.07) is 11.3. The van der Waals surface area contributed by atoms with Crippen molar-refractivity contribution in [2.75, 3.05) is 13.6 Å². The largest absolute Gasteiger partial charge is 0.393 e. The monoisotopic (exact) mass is 314 g/mol. The fourth-order valence-corrected chi connectivity index (χ4v) is 3.14. The van der Waals surface area contributed by atoms with Crippen LogP contribution in [0.5, 0.6) is 0 Å². The summed E-state index contributed by atoms with van der Waals surface area (Å²) < 4.78 is 5.21. The highest BCUT2D eigenvalue weighted by Gasteiger charge is 2.27. The van der Waals surface area contributed by atoms with Crippen molar-refractivity contribution >= 4 is 5.91 Å². The van der Waals surface area contributed by atoms with Crippen LogP contribution in [0, 0.1) is 5.92 Å². The Morgan fingerprint density at radius 2 is 2.04 bits per heavy atom. The number of benzene rings is 1. The van der Waals surface area contributed by atoms with Crippen molar-refractivity contribution in [1.29, 1.82) is 0 Å². The average Bonchev–Trinajstić information content (AvgIpc) is 3.07. The van der Waals surface area contributed by atoms with Gasteiger partial charge in [-0.05, 0) is 12.8 Å². The van der Waals surface area contributed by atoms with Gasteiger partial charge in [-0.15, -0.1) is 0 Å². The first-order valence-electron chi connectivity index (χ1n) is 8.11. The topological polar surface area (TPSA) is 66.6 Å². The molecule has 1 fully saturated rings. The molecule has 0 spiro atoms. The second-order valence-corrected chi connectivity index (χ2v) is 6.24. The second-order valence-electron chi connectivity index (χ2n) is 6.24. The van der Waals surface area contributed by atoms with Crippen molar-refractivity contribution < 1.29 is 14.4 Å². The van der Waals surface area contributed by atoms with Crippen LogP contribution in [0.25, 0.3) is 11.3 Å². The van der Waals surface area contributed by atoms with Crippen LogP contribution < -0.4 is 0 Å². The van der Waals surface area contributed by atoms with Gasteiger partial charge in [-0.2, -0.15) is 0 Å². The fourth-order valence-electron chi connectivity index (χ4n) is 3.14. The molecule has 0 aliphatic heterocycles. The molecule has 5 nitrogen and oxygen atoms in total. The third-order valence-electron chi connectivity index (χ3n) is 4.51. The molecular weight excluding hydrogens is 292 g/mol. The minimum atomic E-state index is -0.311. The summed E-state index contributed by atoms with van der Waals surface area (Å²) >= 11 is 0. The number of hydrogen-bond donors (Lipinski definition) is 1. The van der Waals surface area contributed by atoms with Gasteiger partial charge in [0.1, 0.15) is 5.69 Å². The average molecular weight is 314 g/mol. The number of aliphatic hydroxyl groups is 1. The van der Waals surface area contributed by atoms with E-state index < -0.39 is 0 Å². The number of aromatic nitrogens is 1. The molecule has 5 heteroatoms. The second kappa shape index (κ2) is 6.96. The lowest BCUT2D eigenvalue weighted by Crippen LogP contribution is -2.37. The molecule has 1 saturated carbocycles. The summed E-state index contributed by atoms with van der Waals surface area (Å²) in [4.78, 5) is 14.1. The molecule has 3 rings (SSSR count). The van der Waals surface area contributed by atoms with Gasteiger partial charge in [0.25, 0.3) is 5.91 Å². The number of carbonyl (C=O) groups excluding carboxylic acids is 1. The van der Waals surface area contributed by atoms with Crippen molar-refractivity contribution in [2.24, 2.45) is 5.92 Å². The summed E-state index contributed by atoms with van der Waals surface area (Å²) in [6.45, 7) is 0.543. The fraction of sp³-hybridized carbons (Fsp3) is 0.444. The zero-order valence-electron chi connectivity index (χ0n) is 13.3. The standard InChI is InChI=1S/C18H22N2O3/c1-20(12-14-9-5-6-10-16(14)21)18(22)17-11-15(19-23-17)13-7-3-2-4-8-13/h2-4,7-8,11,14,16,21H,5-6,9-10,12H2,1H3. The Labute approximate surface area is 135 Å². The molecule has 122 valence electrons. The molecule has 1 aliphatic carbocycles. The molecule has 0 bridgehead atoms. The summed E-state index contributed by atoms with van der Waals surface area (Å²) in [5.41, 5.74) is 1.57. The van der Waals surface area contributed by atoms with Gasteiger partial charge in [-0.25, -0.2) is 0 Å². The zero-order valence-corrected chi connectivity index (χ0v) is 13.3. The molecule has 1 aliphatic rings. The smallest absolute Gasteiger partial charge is 0.292 e. The first kappa shape index (κ1) is 15.7. The van der Waals surface area contributed by atoms with Crippen LogP contribution in [0.15, 0.2) is 40.9 Å². The Morgan fingerprint density at radius 3 is 2.78 bits per heavy atom. The SMILES string of the molecule is CN(CC1CCCCC1O)C(=O)c1cc(-c2ccccc2)no1. The van der Waals surface area contributed by atoms with Gasteiger partial charge in [0.15, 0.2) is 0 Å². The number of amides is 1. The van der Waals surface area contributed by atoms with E-state index in [2.05, 4.69) is 5.16 Å². The molecule has 1 aromatic carbocycles. The lowest BCUT2D eigenvalue weighted by atomic mass is 9.86. The Hall–Kier alpha value is -2.14. The highest BCUT2D eigenvalue weighted by molar-refractivity contribution is 5.92. The van der Waals surface area contributed by atoms with Crippen molar-refractivity contribution in [3.63, 3.8) is 0 Å². The van der Waals surface area contributed by atoms with Crippen molar-refractivity contribution in [3.8, 4) is 11.3 Å². The van der Waals surface area contributed by atoms with E-state index in [0.29, 0.717) is 12.2 Å². The van der Waals surface area contributed by atoms with Crippen molar-refractivity contribution in [2.45, 2.75) is 31.8 Å². The maximum Gasteiger partial charge on any atom is 0.292 e. The predicted octanol–water partition coefficient (Wildman–Crippen LogP) is 2.96. The quantitative estimate of drug-likeness (QED) is 0.942. The van der Waals surface area contributed by atoms with E-state index in [-0.39, 0.29) is 23.7 Å². The van der Waals surface area contributed by atoms with Gasteiger partial charge in [0, 0.05) is 31.1 Å². The van der Waals surface area contributed by atoms with Gasteiger partial charge in [0.05, 0.1) is 6.10 Å². The highest BCUT2D eigenvalue weighted by atomic mass is 16.5. The first-order valence-corrected chi connectivity index (χ1v) is 8.11. The van der Waals surface area contributed by atoms with E-state index in [1.54, 1.807) is 18.0 Å². The third kappa shape index (κ3) is 3.62. The summed E-state index contributed by atoms with van der Waals surface area (Å²) in [5.74, 6) is 0.184. The lowest BCUT2D eigenvalue weighted by molar-refractivity contribution is 0.0433. The van der Waals surface area contributed by atoms with Crippen LogP contribution in [0.1, 0.15) is 36.2 Å². The highest BCUT2D eigenvalue weighted by Crippen LogP contribution is 2.25. The molecule has 0 radical (unpaired) electrons. The van der Waals surface area contributed by atoms with E-state index in [0.717, 1.165) is 31.2 Å². The first-order chi connectivity index (χ1) is 11.1. The predicted molar refractivity (Wildman–Crippen MR) is 86.9 cm³/mol. The molecule has 1 aromatic heterocycles. The normalized spacial score (nSPS) is 21.1. The van der Waals surface area contributed by atoms with Crippen LogP contribution in [0.4, 0.5) is 0 Å². The lowest BCUT2D eigenvalue weighted by Gasteiger charge is -2.30. The maximum atomic E-state index is 12.5. The van der Waals surface area contributed by atoms with Gasteiger partial charge in [0.2, 0.25) is 5.76 Å². The van der Waals surface area contributed by atoms with E-state index >= 15 is 0 Å². The van der Waals surface area contributed by atoms with E-state index in [1.165, 1.54) is 0 Å². The maximum absolute atomic E-state index is 12.5. The Bertz CT molecular complexity index is 653. The molecule has 2 atom stereocenters. The summed E-state index contributed by atoms with van der Waals surface area (Å²) in [7, 11) is 1.74. The molecule has 1 N–H and O–H groups in total. The minimum absolute atomic E-state index is 0.147. The number of hydrogen-bond acceptors (Lipinski definition) is 4. The van der Waals surface area contributed by atoms with Gasteiger partial charge < -0.3 is 14.5 Å². The van der Waals surface area contributed by atoms with Gasteiger partial charge in [-0.1, -0.05) is 48.3 Å². The van der Waals surface area contributed by atoms with Gasteiger partial charge >= 0.3 is 0 Å². The summed E-state index contributed by atoms with van der Waals surface area (Å²) in [5, 5.41) is 14.0. The number of rotatable bonds is 4. The van der Waals surface area contributed by atoms with Crippen molar-refractivity contribution in [3.05, 3.63) is 42.2 Å². The molecule has 1 heterocycles. The number of aliphatic hydroxyl groups excluding tert-OH is 1. The molecule has 1 amide bonds. The molecule has 2 unspecified atom stereocenters. The summed E-state index contributed by atoms with van der Waals surface area (Å²) in [6.07, 6.45) is 3.66. The molecule has 2 aromatic rings. The van der Waals surface area contributed by atoms with Crippen LogP contribution in [0.2, 0.25) is 0 Å². The van der Waals surface area contributed by atoms with E-state index in [1.807, 2.05) is 30.3 Å². The van der Waals surface area contributed by atoms with E-state index in [4.69, 9.17) is 4.52 Å². The Morgan fingerprint density at radius 1 is 1.30 bits per heavy atom. The zero-order chi connectivity index (χ0) is 16.2. The molecule has 23 heavy (non-hydrogen) atoms. The Balaban J connectivity index is 1.67. The van der Waals surface area contributed by atoms with Crippen molar-refractivity contribution in [1.82, 2.24) is 10.1 Å². The molecular formula is C18H22N2O3. The van der Waals surface area contributed by atoms with Crippen LogP contribution in [-0.4, -0.2) is 40.8 Å². The minimum Gasteiger partial charge on any atom is -0.393 e. The van der Waals surface area contributed by atoms with E-state index in [9.17, 15) is 9.90 Å². The van der Waals surface area contributed by atoms with Crippen LogP contribution in [-0.2, 0) is 0 Å². The van der Waals surface area contributed by atoms with Crippen LogP contribution >= 0.6 is 0 Å². The third-order valence-corrected chi connectivity index (χ3v) is 4.51. The van der Waals surface area contributed by atoms with Gasteiger partial charge in [-0.3, -0.25) is 4.79 Å². The number of nitrogens with zero attached hydrogens (tertiary/aromatic N) is 2.